The third kappa shape index (κ3) is 3.17. The molecule has 0 aliphatic carbocycles. The van der Waals surface area contributed by atoms with Crippen molar-refractivity contribution in [3.05, 3.63) is 22.7 Å². The molecule has 106 valence electrons. The van der Waals surface area contributed by atoms with Crippen LogP contribution in [0.5, 0.6) is 0 Å². The topological polar surface area (TPSA) is 47.4 Å². The summed E-state index contributed by atoms with van der Waals surface area (Å²) in [5.74, 6) is 0.520. The van der Waals surface area contributed by atoms with Crippen LogP contribution in [-0.2, 0) is 10.3 Å². The van der Waals surface area contributed by atoms with Gasteiger partial charge < -0.3 is 14.2 Å². The lowest BCUT2D eigenvalue weighted by Gasteiger charge is -2.33. The van der Waals surface area contributed by atoms with E-state index in [1.165, 1.54) is 0 Å². The number of morpholine rings is 1. The van der Waals surface area contributed by atoms with Gasteiger partial charge in [-0.15, -0.1) is 0 Å². The smallest absolute Gasteiger partial charge is 0.293 e. The van der Waals surface area contributed by atoms with Crippen molar-refractivity contribution in [3.8, 4) is 0 Å². The molecule has 1 fully saturated rings. The van der Waals surface area contributed by atoms with Gasteiger partial charge in [0.15, 0.2) is 5.82 Å². The molecule has 2 heterocycles. The maximum atomic E-state index is 12.5. The molecular weight excluding hydrogens is 310 g/mol. The fraction of sp³-hybridized carbons (Fsp3) is 0.692. The van der Waals surface area contributed by atoms with Gasteiger partial charge in [-0.3, -0.25) is 4.79 Å². The fourth-order valence-electron chi connectivity index (χ4n) is 2.15. The summed E-state index contributed by atoms with van der Waals surface area (Å²) in [4.78, 5) is 18.8. The van der Waals surface area contributed by atoms with Crippen LogP contribution < -0.4 is 10.5 Å². The monoisotopic (exact) mass is 329 g/mol. The van der Waals surface area contributed by atoms with Crippen molar-refractivity contribution in [1.82, 2.24) is 9.55 Å². The van der Waals surface area contributed by atoms with E-state index >= 15 is 0 Å². The fourth-order valence-corrected chi connectivity index (χ4v) is 2.54. The van der Waals surface area contributed by atoms with Gasteiger partial charge in [0, 0.05) is 36.4 Å². The third-order valence-electron chi connectivity index (χ3n) is 3.16. The lowest BCUT2D eigenvalue weighted by Crippen LogP contribution is -2.47. The molecule has 0 spiro atoms. The lowest BCUT2D eigenvalue weighted by molar-refractivity contribution is 0.0566. The highest BCUT2D eigenvalue weighted by molar-refractivity contribution is 9.09. The average Bonchev–Trinajstić information content (AvgIpc) is 2.37. The Hall–Kier alpha value is -0.880. The Balaban J connectivity index is 2.33. The summed E-state index contributed by atoms with van der Waals surface area (Å²) in [5.41, 5.74) is -0.277. The molecule has 1 saturated heterocycles. The number of hydrogen-bond donors (Lipinski definition) is 0. The van der Waals surface area contributed by atoms with Crippen LogP contribution in [0.1, 0.15) is 20.8 Å². The van der Waals surface area contributed by atoms with E-state index in [0.717, 1.165) is 5.33 Å². The second-order valence-corrected chi connectivity index (χ2v) is 6.34. The first-order chi connectivity index (χ1) is 8.93. The van der Waals surface area contributed by atoms with E-state index in [9.17, 15) is 4.79 Å². The van der Waals surface area contributed by atoms with Gasteiger partial charge in [-0.1, -0.05) is 15.9 Å². The minimum absolute atomic E-state index is 0.0368. The van der Waals surface area contributed by atoms with E-state index in [-0.39, 0.29) is 17.2 Å². The number of anilines is 1. The van der Waals surface area contributed by atoms with Crippen LogP contribution in [0.15, 0.2) is 17.2 Å². The molecule has 1 unspecified atom stereocenters. The van der Waals surface area contributed by atoms with Crippen molar-refractivity contribution in [2.45, 2.75) is 32.4 Å². The largest absolute Gasteiger partial charge is 0.374 e. The van der Waals surface area contributed by atoms with Crippen LogP contribution in [0.3, 0.4) is 0 Å². The highest BCUT2D eigenvalue weighted by atomic mass is 79.9. The molecule has 6 heteroatoms. The van der Waals surface area contributed by atoms with E-state index < -0.39 is 0 Å². The van der Waals surface area contributed by atoms with Crippen LogP contribution >= 0.6 is 15.9 Å². The van der Waals surface area contributed by atoms with Crippen LogP contribution in [0, 0.1) is 0 Å². The zero-order chi connectivity index (χ0) is 14.0. The number of nitrogens with zero attached hydrogens (tertiary/aromatic N) is 3. The summed E-state index contributed by atoms with van der Waals surface area (Å²) in [6, 6.07) is 0. The van der Waals surface area contributed by atoms with E-state index in [1.807, 2.05) is 25.7 Å². The average molecular weight is 330 g/mol. The number of alkyl halides is 1. The molecule has 0 saturated carbocycles. The summed E-state index contributed by atoms with van der Waals surface area (Å²) in [5, 5.41) is 0.768. The molecule has 5 nitrogen and oxygen atoms in total. The molecule has 0 bridgehead atoms. The molecule has 1 aromatic rings. The van der Waals surface area contributed by atoms with Crippen LogP contribution in [0.2, 0.25) is 0 Å². The van der Waals surface area contributed by atoms with Crippen molar-refractivity contribution >= 4 is 21.7 Å². The summed E-state index contributed by atoms with van der Waals surface area (Å²) in [6.07, 6.45) is 3.55. The first-order valence-electron chi connectivity index (χ1n) is 6.44. The summed E-state index contributed by atoms with van der Waals surface area (Å²) in [6.45, 7) is 8.07. The quantitative estimate of drug-likeness (QED) is 0.773. The minimum atomic E-state index is -0.240. The first-order valence-corrected chi connectivity index (χ1v) is 7.56. The van der Waals surface area contributed by atoms with Gasteiger partial charge in [-0.05, 0) is 20.8 Å². The maximum absolute atomic E-state index is 12.5. The van der Waals surface area contributed by atoms with Gasteiger partial charge in [0.2, 0.25) is 0 Å². The van der Waals surface area contributed by atoms with Gasteiger partial charge in [-0.25, -0.2) is 4.98 Å². The Labute approximate surface area is 121 Å². The predicted octanol–water partition coefficient (Wildman–Crippen LogP) is 1.60. The van der Waals surface area contributed by atoms with Gasteiger partial charge >= 0.3 is 0 Å². The second kappa shape index (κ2) is 5.63. The number of ether oxygens (including phenoxy) is 1. The van der Waals surface area contributed by atoms with Crippen molar-refractivity contribution < 1.29 is 4.74 Å². The molecule has 1 aliphatic rings. The van der Waals surface area contributed by atoms with Crippen LogP contribution in [0.25, 0.3) is 0 Å². The van der Waals surface area contributed by atoms with Crippen molar-refractivity contribution in [2.75, 3.05) is 29.9 Å². The summed E-state index contributed by atoms with van der Waals surface area (Å²) >= 11 is 3.42. The van der Waals surface area contributed by atoms with E-state index in [0.29, 0.717) is 25.5 Å². The molecule has 1 atom stereocenters. The van der Waals surface area contributed by atoms with Crippen molar-refractivity contribution in [1.29, 1.82) is 0 Å². The molecular formula is C13H20BrN3O2. The number of halogens is 1. The zero-order valence-corrected chi connectivity index (χ0v) is 13.2. The summed E-state index contributed by atoms with van der Waals surface area (Å²) < 4.78 is 7.32. The Morgan fingerprint density at radius 1 is 1.53 bits per heavy atom. The van der Waals surface area contributed by atoms with Crippen LogP contribution in [0.4, 0.5) is 5.82 Å². The number of rotatable bonds is 2. The zero-order valence-electron chi connectivity index (χ0n) is 11.6. The normalized spacial score (nSPS) is 20.6. The highest BCUT2D eigenvalue weighted by Crippen LogP contribution is 2.15. The molecule has 19 heavy (non-hydrogen) atoms. The van der Waals surface area contributed by atoms with Gasteiger partial charge in [0.05, 0.1) is 12.7 Å². The van der Waals surface area contributed by atoms with E-state index in [4.69, 9.17) is 4.74 Å². The SMILES string of the molecule is CC(C)(C)n1ccnc(N2CCOC(CBr)C2)c1=O. The van der Waals surface area contributed by atoms with Gasteiger partial charge in [0.1, 0.15) is 0 Å². The number of hydrogen-bond acceptors (Lipinski definition) is 4. The molecule has 1 aliphatic heterocycles. The van der Waals surface area contributed by atoms with Gasteiger partial charge in [-0.2, -0.15) is 0 Å². The minimum Gasteiger partial charge on any atom is -0.374 e. The Bertz CT molecular complexity index is 495. The van der Waals surface area contributed by atoms with Crippen molar-refractivity contribution in [2.24, 2.45) is 0 Å². The highest BCUT2D eigenvalue weighted by Gasteiger charge is 2.24. The molecule has 0 radical (unpaired) electrons. The first kappa shape index (κ1) is 14.5. The Morgan fingerprint density at radius 3 is 2.89 bits per heavy atom. The molecule has 0 aromatic carbocycles. The second-order valence-electron chi connectivity index (χ2n) is 5.69. The standard InChI is InChI=1S/C13H20BrN3O2/c1-13(2,3)17-5-4-15-11(12(17)18)16-6-7-19-10(8-14)9-16/h4-5,10H,6-9H2,1-3H3. The lowest BCUT2D eigenvalue weighted by atomic mass is 10.1. The molecule has 2 rings (SSSR count). The van der Waals surface area contributed by atoms with E-state index in [1.54, 1.807) is 17.0 Å². The maximum Gasteiger partial charge on any atom is 0.293 e. The van der Waals surface area contributed by atoms with Crippen LogP contribution in [-0.4, -0.2) is 40.7 Å². The van der Waals surface area contributed by atoms with Gasteiger partial charge in [0.25, 0.3) is 5.56 Å². The molecule has 1 aromatic heterocycles. The number of aromatic nitrogens is 2. The Morgan fingerprint density at radius 2 is 2.26 bits per heavy atom. The third-order valence-corrected chi connectivity index (χ3v) is 3.88. The Kier molecular flexibility index (Phi) is 4.30. The van der Waals surface area contributed by atoms with Crippen molar-refractivity contribution in [3.63, 3.8) is 0 Å². The summed E-state index contributed by atoms with van der Waals surface area (Å²) in [7, 11) is 0. The van der Waals surface area contributed by atoms with E-state index in [2.05, 4.69) is 20.9 Å². The predicted molar refractivity (Wildman–Crippen MR) is 79.2 cm³/mol. The molecule has 0 N–H and O–H groups in total. The molecule has 0 amide bonds.